The van der Waals surface area contributed by atoms with E-state index in [0.29, 0.717) is 46.4 Å². The van der Waals surface area contributed by atoms with Crippen LogP contribution in [0.15, 0.2) is 124 Å². The Hall–Kier alpha value is -6.25. The molecule has 0 amide bonds. The number of nitrogens with two attached hydrogens (primary N) is 3. The molecule has 12 nitrogen and oxygen atoms in total. The van der Waals surface area contributed by atoms with E-state index in [2.05, 4.69) is 20.6 Å². The van der Waals surface area contributed by atoms with Crippen LogP contribution in [0.1, 0.15) is 32.2 Å². The lowest BCUT2D eigenvalue weighted by Gasteiger charge is -2.24. The first-order chi connectivity index (χ1) is 25.7. The number of hydrogen-bond acceptors (Lipinski definition) is 12. The number of carbonyl (C=O) groups excluding carboxylic acids is 2. The second-order valence-corrected chi connectivity index (χ2v) is 12.6. The number of nitrogens with zero attached hydrogens (tertiary/aromatic N) is 3. The third-order valence-corrected chi connectivity index (χ3v) is 8.70. The van der Waals surface area contributed by atoms with Gasteiger partial charge in [-0.1, -0.05) is 60.7 Å². The maximum atomic E-state index is 15.4. The summed E-state index contributed by atoms with van der Waals surface area (Å²) in [5.41, 5.74) is 22.4. The molecule has 0 aliphatic rings. The third kappa shape index (κ3) is 7.98. The minimum atomic E-state index is -0.841. The molecule has 3 heterocycles. The Morgan fingerprint density at radius 3 is 1.64 bits per heavy atom. The summed E-state index contributed by atoms with van der Waals surface area (Å²) in [6.45, 7) is 1.62. The zero-order chi connectivity index (χ0) is 36.9. The summed E-state index contributed by atoms with van der Waals surface area (Å²) in [6.07, 6.45) is 0.991. The smallest absolute Gasteiger partial charge is 0.222 e. The van der Waals surface area contributed by atoms with Crippen LogP contribution in [0.2, 0.25) is 0 Å². The van der Waals surface area contributed by atoms with E-state index in [0.717, 1.165) is 17.3 Å². The van der Waals surface area contributed by atoms with Gasteiger partial charge < -0.3 is 36.7 Å². The molecule has 4 aromatic carbocycles. The fraction of sp³-hybridized carbons (Fsp3) is 0.150. The molecular formula is C40H37FN8O4. The number of hydrogen-bond donors (Lipinski definition) is 5. The number of anilines is 4. The van der Waals surface area contributed by atoms with Crippen molar-refractivity contribution < 1.29 is 22.8 Å². The monoisotopic (exact) mass is 712 g/mol. The van der Waals surface area contributed by atoms with Crippen molar-refractivity contribution in [1.29, 1.82) is 0 Å². The van der Waals surface area contributed by atoms with Crippen molar-refractivity contribution in [2.24, 2.45) is 11.5 Å². The van der Waals surface area contributed by atoms with Crippen molar-refractivity contribution in [2.45, 2.75) is 25.2 Å². The largest absolute Gasteiger partial charge is 0.453 e. The Morgan fingerprint density at radius 2 is 1.17 bits per heavy atom. The van der Waals surface area contributed by atoms with Crippen LogP contribution >= 0.6 is 0 Å². The second-order valence-electron chi connectivity index (χ2n) is 12.6. The minimum Gasteiger partial charge on any atom is -0.453 e. The van der Waals surface area contributed by atoms with E-state index in [-0.39, 0.29) is 47.9 Å². The number of furan rings is 2. The van der Waals surface area contributed by atoms with Gasteiger partial charge in [0.05, 0.1) is 18.3 Å². The van der Waals surface area contributed by atoms with Crippen LogP contribution < -0.4 is 32.7 Å². The van der Waals surface area contributed by atoms with Crippen LogP contribution in [-0.4, -0.2) is 46.7 Å². The molecule has 3 aromatic heterocycles. The number of rotatable bonds is 15. The second kappa shape index (κ2) is 15.6. The number of nitrogens with one attached hydrogen (secondary N) is 2. The van der Waals surface area contributed by atoms with Crippen molar-refractivity contribution in [1.82, 2.24) is 20.6 Å². The summed E-state index contributed by atoms with van der Waals surface area (Å²) in [5.74, 6) is -1.51. The number of ketones is 2. The number of benzene rings is 4. The van der Waals surface area contributed by atoms with Gasteiger partial charge in [-0.2, -0.15) is 4.98 Å². The number of Topliss-reactive ketones (excluding diaryl/α,β-unsaturated/α-hetero) is 2. The molecule has 0 fully saturated rings. The van der Waals surface area contributed by atoms with E-state index in [4.69, 9.17) is 26.0 Å². The molecule has 0 aliphatic carbocycles. The van der Waals surface area contributed by atoms with Gasteiger partial charge in [-0.3, -0.25) is 14.5 Å². The van der Waals surface area contributed by atoms with Crippen LogP contribution in [0, 0.1) is 5.82 Å². The summed E-state index contributed by atoms with van der Waals surface area (Å²) in [5, 5.41) is 7.58. The predicted molar refractivity (Wildman–Crippen MR) is 202 cm³/mol. The molecule has 0 bridgehead atoms. The molecule has 0 radical (unpaired) electrons. The lowest BCUT2D eigenvalue weighted by molar-refractivity contribution is 0.0928. The van der Waals surface area contributed by atoms with Crippen LogP contribution in [0.4, 0.5) is 27.5 Å². The average molecular weight is 713 g/mol. The first-order valence-corrected chi connectivity index (χ1v) is 17.0. The van der Waals surface area contributed by atoms with Crippen molar-refractivity contribution in [3.05, 3.63) is 144 Å². The van der Waals surface area contributed by atoms with Gasteiger partial charge in [-0.25, -0.2) is 9.37 Å². The Morgan fingerprint density at radius 1 is 0.698 bits per heavy atom. The van der Waals surface area contributed by atoms with Crippen molar-refractivity contribution in [3.8, 4) is 0 Å². The van der Waals surface area contributed by atoms with Gasteiger partial charge in [0.1, 0.15) is 11.2 Å². The lowest BCUT2D eigenvalue weighted by atomic mass is 10.1. The summed E-state index contributed by atoms with van der Waals surface area (Å²) < 4.78 is 27.2. The van der Waals surface area contributed by atoms with Crippen molar-refractivity contribution in [2.75, 3.05) is 23.7 Å². The Labute approximate surface area is 303 Å². The maximum Gasteiger partial charge on any atom is 0.222 e. The highest BCUT2D eigenvalue weighted by molar-refractivity contribution is 6.03. The number of carbonyl (C=O) groups is 2. The van der Waals surface area contributed by atoms with Crippen molar-refractivity contribution >= 4 is 56.6 Å². The summed E-state index contributed by atoms with van der Waals surface area (Å²) in [7, 11) is 0. The van der Waals surface area contributed by atoms with Gasteiger partial charge in [0.2, 0.25) is 17.5 Å². The van der Waals surface area contributed by atoms with E-state index in [1.165, 1.54) is 0 Å². The number of fused-ring (bicyclic) bond motifs is 2. The molecule has 0 saturated heterocycles. The van der Waals surface area contributed by atoms with E-state index in [9.17, 15) is 9.59 Å². The zero-order valence-electron chi connectivity index (χ0n) is 28.5. The van der Waals surface area contributed by atoms with Gasteiger partial charge in [0, 0.05) is 48.3 Å². The molecule has 0 saturated carbocycles. The fourth-order valence-electron chi connectivity index (χ4n) is 5.99. The lowest BCUT2D eigenvalue weighted by Crippen LogP contribution is -2.40. The standard InChI is InChI=1S/C40H37FN8O4/c41-30-21-47-40(44)48-39(30)49(28-11-13-33-26(15-28)17-35(52-33)37(50)31(42)22-45-19-24-7-3-1-4-8-24)29-12-14-34-27(16-29)18-36(53-34)38(51)32(43)23-46-20-25-9-5-2-6-10-25/h1-18,21,31-32,45-46H,19-20,22-23,42-43H2,(H2,44,47,48). The van der Waals surface area contributed by atoms with Crippen molar-refractivity contribution in [3.63, 3.8) is 0 Å². The van der Waals surface area contributed by atoms with E-state index >= 15 is 4.39 Å². The third-order valence-electron chi connectivity index (χ3n) is 8.70. The highest BCUT2D eigenvalue weighted by atomic mass is 19.1. The summed E-state index contributed by atoms with van der Waals surface area (Å²) >= 11 is 0. The van der Waals surface area contributed by atoms with E-state index < -0.39 is 17.9 Å². The van der Waals surface area contributed by atoms with E-state index in [1.807, 2.05) is 60.7 Å². The minimum absolute atomic E-state index is 0.0978. The molecule has 2 unspecified atom stereocenters. The zero-order valence-corrected chi connectivity index (χ0v) is 28.5. The Balaban J connectivity index is 1.13. The van der Waals surface area contributed by atoms with Gasteiger partial charge in [-0.05, 0) is 59.7 Å². The van der Waals surface area contributed by atoms with Gasteiger partial charge >= 0.3 is 0 Å². The molecule has 7 rings (SSSR count). The molecule has 7 aromatic rings. The van der Waals surface area contributed by atoms with Crippen LogP contribution in [0.3, 0.4) is 0 Å². The first-order valence-electron chi connectivity index (χ1n) is 17.0. The van der Waals surface area contributed by atoms with Crippen LogP contribution in [-0.2, 0) is 13.1 Å². The van der Waals surface area contributed by atoms with Gasteiger partial charge in [-0.15, -0.1) is 0 Å². The highest BCUT2D eigenvalue weighted by Gasteiger charge is 2.25. The summed E-state index contributed by atoms with van der Waals surface area (Å²) in [6, 6.07) is 31.4. The fourth-order valence-corrected chi connectivity index (χ4v) is 5.99. The molecular weight excluding hydrogens is 675 g/mol. The SMILES string of the molecule is Nc1ncc(F)c(N(c2ccc3oc(C(=O)C(N)CNCc4ccccc4)cc3c2)c2ccc3oc(C(=O)C(N)CNCc4ccccc4)cc3c2)n1. The van der Waals surface area contributed by atoms with Gasteiger partial charge in [0.15, 0.2) is 23.2 Å². The van der Waals surface area contributed by atoms with Crippen LogP contribution in [0.25, 0.3) is 21.9 Å². The Bertz CT molecular complexity index is 2240. The quantitative estimate of drug-likeness (QED) is 0.0809. The van der Waals surface area contributed by atoms with Gasteiger partial charge in [0.25, 0.3) is 0 Å². The Kier molecular flexibility index (Phi) is 10.3. The van der Waals surface area contributed by atoms with E-state index in [1.54, 1.807) is 53.4 Å². The predicted octanol–water partition coefficient (Wildman–Crippen LogP) is 5.76. The first kappa shape index (κ1) is 35.2. The molecule has 0 aliphatic heterocycles. The molecule has 268 valence electrons. The number of halogens is 1. The molecule has 2 atom stereocenters. The normalized spacial score (nSPS) is 12.6. The average Bonchev–Trinajstić information content (AvgIpc) is 3.81. The number of nitrogen functional groups attached to an aromatic ring is 1. The highest BCUT2D eigenvalue weighted by Crippen LogP contribution is 2.38. The molecule has 0 spiro atoms. The maximum absolute atomic E-state index is 15.4. The van der Waals surface area contributed by atoms with Crippen LogP contribution in [0.5, 0.6) is 0 Å². The summed E-state index contributed by atoms with van der Waals surface area (Å²) in [4.78, 5) is 36.0. The molecule has 13 heteroatoms. The number of aromatic nitrogens is 2. The topological polar surface area (TPSA) is 192 Å². The molecule has 8 N–H and O–H groups in total. The molecule has 53 heavy (non-hydrogen) atoms.